The molecule has 1 aromatic carbocycles. The van der Waals surface area contributed by atoms with Gasteiger partial charge in [0.1, 0.15) is 10.9 Å². The average molecular weight is 493 g/mol. The van der Waals surface area contributed by atoms with Gasteiger partial charge in [-0.25, -0.2) is 0 Å². The first kappa shape index (κ1) is 22.8. The molecule has 2 amide bonds. The van der Waals surface area contributed by atoms with Gasteiger partial charge in [-0.05, 0) is 36.6 Å². The van der Waals surface area contributed by atoms with E-state index in [0.29, 0.717) is 22.3 Å². The maximum atomic E-state index is 13.1. The second kappa shape index (κ2) is 10.1. The predicted molar refractivity (Wildman–Crippen MR) is 137 cm³/mol. The van der Waals surface area contributed by atoms with Gasteiger partial charge in [-0.1, -0.05) is 48.2 Å². The molecule has 0 unspecified atom stereocenters. The number of thiocarbonyl (C=S) groups is 1. The van der Waals surface area contributed by atoms with Crippen LogP contribution in [0.25, 0.3) is 17.0 Å². The van der Waals surface area contributed by atoms with Gasteiger partial charge in [0.15, 0.2) is 0 Å². The molecule has 7 nitrogen and oxygen atoms in total. The monoisotopic (exact) mass is 492 g/mol. The number of hydrogen-bond donors (Lipinski definition) is 1. The average Bonchev–Trinajstić information content (AvgIpc) is 3.55. The molecule has 3 aromatic rings. The van der Waals surface area contributed by atoms with Gasteiger partial charge in [0, 0.05) is 48.2 Å². The Bertz CT molecular complexity index is 1270. The first-order valence-corrected chi connectivity index (χ1v) is 12.4. The molecule has 0 radical (unpaired) electrons. The van der Waals surface area contributed by atoms with Crippen molar-refractivity contribution in [3.8, 4) is 0 Å². The fraction of sp³-hybridized carbons (Fsp3) is 0.280. The Kier molecular flexibility index (Phi) is 6.75. The smallest absolute Gasteiger partial charge is 0.266 e. The largest absolute Gasteiger partial charge is 0.376 e. The maximum absolute atomic E-state index is 13.1. The second-order valence-electron chi connectivity index (χ2n) is 8.30. The molecule has 1 N–H and O–H groups in total. The Morgan fingerprint density at radius 2 is 2.18 bits per heavy atom. The van der Waals surface area contributed by atoms with Crippen LogP contribution in [-0.4, -0.2) is 49.8 Å². The van der Waals surface area contributed by atoms with Crippen molar-refractivity contribution >= 4 is 57.1 Å². The predicted octanol–water partition coefficient (Wildman–Crippen LogP) is 3.73. The summed E-state index contributed by atoms with van der Waals surface area (Å²) in [5.41, 5.74) is 2.74. The van der Waals surface area contributed by atoms with Crippen molar-refractivity contribution in [3.05, 3.63) is 71.0 Å². The lowest BCUT2D eigenvalue weighted by atomic mass is 10.1. The van der Waals surface area contributed by atoms with E-state index in [2.05, 4.69) is 10.3 Å². The number of ether oxygens (including phenoxy) is 1. The van der Waals surface area contributed by atoms with Crippen LogP contribution in [0.4, 0.5) is 0 Å². The summed E-state index contributed by atoms with van der Waals surface area (Å²) in [4.78, 5) is 32.0. The van der Waals surface area contributed by atoms with E-state index >= 15 is 0 Å². The van der Waals surface area contributed by atoms with Gasteiger partial charge in [0.25, 0.3) is 5.91 Å². The van der Waals surface area contributed by atoms with E-state index in [-0.39, 0.29) is 24.5 Å². The van der Waals surface area contributed by atoms with Crippen LogP contribution in [-0.2, 0) is 27.4 Å². The van der Waals surface area contributed by atoms with Crippen LogP contribution in [0.5, 0.6) is 0 Å². The second-order valence-corrected chi connectivity index (χ2v) is 9.97. The standard InChI is InChI=1S/C25H24N4O3S2/c30-23(27-13-19-6-4-10-32-19)16-28-15-18(20-7-1-2-8-21(20)28)11-22-24(31)29(25(33)34-22)14-17-5-3-9-26-12-17/h1-3,5,7-9,11-12,15,19H,4,6,10,13-14,16H2,(H,27,30)/b22-11-/t19-/m0/s1. The van der Waals surface area contributed by atoms with Gasteiger partial charge >= 0.3 is 0 Å². The number of rotatable bonds is 7. The van der Waals surface area contributed by atoms with Gasteiger partial charge in [-0.2, -0.15) is 0 Å². The summed E-state index contributed by atoms with van der Waals surface area (Å²) in [6.45, 7) is 1.89. The molecule has 2 aliphatic rings. The third kappa shape index (κ3) is 4.91. The summed E-state index contributed by atoms with van der Waals surface area (Å²) in [5, 5.41) is 3.95. The van der Waals surface area contributed by atoms with Crippen molar-refractivity contribution in [3.63, 3.8) is 0 Å². The Morgan fingerprint density at radius 1 is 1.29 bits per heavy atom. The summed E-state index contributed by atoms with van der Waals surface area (Å²) in [6, 6.07) is 11.6. The molecule has 34 heavy (non-hydrogen) atoms. The lowest BCUT2D eigenvalue weighted by Gasteiger charge is -2.13. The lowest BCUT2D eigenvalue weighted by Crippen LogP contribution is -2.34. The number of para-hydroxylation sites is 1. The summed E-state index contributed by atoms with van der Waals surface area (Å²) >= 11 is 6.78. The molecule has 9 heteroatoms. The quantitative estimate of drug-likeness (QED) is 0.400. The fourth-order valence-electron chi connectivity index (χ4n) is 4.22. The van der Waals surface area contributed by atoms with Crippen molar-refractivity contribution in [2.75, 3.05) is 13.2 Å². The molecule has 2 fully saturated rings. The van der Waals surface area contributed by atoms with Crippen LogP contribution < -0.4 is 5.32 Å². The number of aromatic nitrogens is 2. The van der Waals surface area contributed by atoms with E-state index in [4.69, 9.17) is 17.0 Å². The Labute approximate surface area is 207 Å². The highest BCUT2D eigenvalue weighted by atomic mass is 32.2. The van der Waals surface area contributed by atoms with Crippen molar-refractivity contribution in [2.24, 2.45) is 0 Å². The molecule has 0 saturated carbocycles. The van der Waals surface area contributed by atoms with Crippen LogP contribution in [0.2, 0.25) is 0 Å². The molecule has 0 aliphatic carbocycles. The van der Waals surface area contributed by atoms with Crippen molar-refractivity contribution in [1.82, 2.24) is 19.8 Å². The number of carbonyl (C=O) groups is 2. The fourth-order valence-corrected chi connectivity index (χ4v) is 5.46. The first-order valence-electron chi connectivity index (χ1n) is 11.2. The Morgan fingerprint density at radius 3 is 2.97 bits per heavy atom. The first-order chi connectivity index (χ1) is 16.6. The van der Waals surface area contributed by atoms with Crippen LogP contribution in [0, 0.1) is 0 Å². The zero-order valence-electron chi connectivity index (χ0n) is 18.5. The topological polar surface area (TPSA) is 76.5 Å². The van der Waals surface area contributed by atoms with Gasteiger partial charge in [0.2, 0.25) is 5.91 Å². The van der Waals surface area contributed by atoms with E-state index in [1.165, 1.54) is 11.8 Å². The number of thioether (sulfide) groups is 1. The third-order valence-corrected chi connectivity index (χ3v) is 7.29. The van der Waals surface area contributed by atoms with Crippen molar-refractivity contribution < 1.29 is 14.3 Å². The minimum atomic E-state index is -0.120. The van der Waals surface area contributed by atoms with Gasteiger partial charge in [0.05, 0.1) is 17.6 Å². The van der Waals surface area contributed by atoms with E-state index in [9.17, 15) is 9.59 Å². The summed E-state index contributed by atoms with van der Waals surface area (Å²) < 4.78 is 8.03. The highest BCUT2D eigenvalue weighted by molar-refractivity contribution is 8.26. The highest BCUT2D eigenvalue weighted by Crippen LogP contribution is 2.35. The summed E-state index contributed by atoms with van der Waals surface area (Å²) in [6.07, 6.45) is 9.35. The molecule has 174 valence electrons. The van der Waals surface area contributed by atoms with Gasteiger partial charge in [-0.15, -0.1) is 0 Å². The van der Waals surface area contributed by atoms with E-state index in [1.54, 1.807) is 17.3 Å². The van der Waals surface area contributed by atoms with E-state index in [1.807, 2.05) is 53.2 Å². The minimum Gasteiger partial charge on any atom is -0.376 e. The molecule has 2 aromatic heterocycles. The van der Waals surface area contributed by atoms with Gasteiger partial charge < -0.3 is 14.6 Å². The van der Waals surface area contributed by atoms with Gasteiger partial charge in [-0.3, -0.25) is 19.5 Å². The van der Waals surface area contributed by atoms with Crippen molar-refractivity contribution in [2.45, 2.75) is 32.0 Å². The Balaban J connectivity index is 1.35. The molecule has 0 spiro atoms. The number of nitrogens with one attached hydrogen (secondary N) is 1. The molecular formula is C25H24N4O3S2. The number of pyridine rings is 1. The third-order valence-electron chi connectivity index (χ3n) is 5.91. The number of hydrogen-bond acceptors (Lipinski definition) is 6. The molecule has 4 heterocycles. The molecular weight excluding hydrogens is 468 g/mol. The number of carbonyl (C=O) groups excluding carboxylic acids is 2. The number of benzene rings is 1. The zero-order valence-corrected chi connectivity index (χ0v) is 20.1. The molecule has 1 atom stereocenters. The minimum absolute atomic E-state index is 0.0643. The van der Waals surface area contributed by atoms with E-state index in [0.717, 1.165) is 41.5 Å². The van der Waals surface area contributed by atoms with Crippen LogP contribution >= 0.6 is 24.0 Å². The van der Waals surface area contributed by atoms with Crippen molar-refractivity contribution in [1.29, 1.82) is 0 Å². The number of amides is 2. The number of fused-ring (bicyclic) bond motifs is 1. The van der Waals surface area contributed by atoms with E-state index < -0.39 is 0 Å². The summed E-state index contributed by atoms with van der Waals surface area (Å²) in [7, 11) is 0. The molecule has 5 rings (SSSR count). The summed E-state index contributed by atoms with van der Waals surface area (Å²) in [5.74, 6) is -0.185. The highest BCUT2D eigenvalue weighted by Gasteiger charge is 2.32. The number of nitrogens with zero attached hydrogens (tertiary/aromatic N) is 3. The maximum Gasteiger partial charge on any atom is 0.266 e. The van der Waals surface area contributed by atoms with Crippen LogP contribution in [0.3, 0.4) is 0 Å². The Hall–Kier alpha value is -3.01. The normalized spacial score (nSPS) is 19.5. The van der Waals surface area contributed by atoms with Crippen LogP contribution in [0.15, 0.2) is 59.9 Å². The lowest BCUT2D eigenvalue weighted by molar-refractivity contribution is -0.123. The SMILES string of the molecule is O=C(Cn1cc(/C=C2\SC(=S)N(Cc3cccnc3)C2=O)c2ccccc21)NC[C@@H]1CCCO1. The zero-order chi connectivity index (χ0) is 23.5. The molecule has 2 aliphatic heterocycles. The molecule has 2 saturated heterocycles. The van der Waals surface area contributed by atoms with Crippen LogP contribution in [0.1, 0.15) is 24.0 Å². The molecule has 0 bridgehead atoms.